The van der Waals surface area contributed by atoms with E-state index in [1.807, 2.05) is 35.2 Å². The fraction of sp³-hybridized carbons (Fsp3) is 0.588. The van der Waals surface area contributed by atoms with Gasteiger partial charge in [-0.1, -0.05) is 30.3 Å². The molecule has 0 aromatic heterocycles. The van der Waals surface area contributed by atoms with E-state index < -0.39 is 6.10 Å². The molecule has 0 saturated carbocycles. The highest BCUT2D eigenvalue weighted by Crippen LogP contribution is 2.26. The molecule has 2 rings (SSSR count). The number of ether oxygens (including phenoxy) is 1. The first-order valence-corrected chi connectivity index (χ1v) is 7.69. The molecule has 1 saturated heterocycles. The van der Waals surface area contributed by atoms with Crippen molar-refractivity contribution in [3.63, 3.8) is 0 Å². The van der Waals surface area contributed by atoms with E-state index in [2.05, 4.69) is 0 Å². The zero-order valence-corrected chi connectivity index (χ0v) is 12.9. The molecule has 4 nitrogen and oxygen atoms in total. The molecule has 3 atom stereocenters. The predicted octanol–water partition coefficient (Wildman–Crippen LogP) is 2.53. The number of hydrogen-bond donors (Lipinski definition) is 1. The summed E-state index contributed by atoms with van der Waals surface area (Å²) in [5, 5.41) is 9.65. The van der Waals surface area contributed by atoms with E-state index in [1.165, 1.54) is 0 Å². The van der Waals surface area contributed by atoms with Crippen LogP contribution in [0.4, 0.5) is 0 Å². The molecule has 0 radical (unpaired) electrons. The highest BCUT2D eigenvalue weighted by atomic mass is 16.5. The monoisotopic (exact) mass is 291 g/mol. The average Bonchev–Trinajstić information content (AvgIpc) is 2.49. The second kappa shape index (κ2) is 7.57. The number of hydrogen-bond acceptors (Lipinski definition) is 3. The smallest absolute Gasteiger partial charge is 0.256 e. The Bertz CT molecular complexity index is 447. The quantitative estimate of drug-likeness (QED) is 0.907. The van der Waals surface area contributed by atoms with E-state index in [4.69, 9.17) is 4.74 Å². The first-order chi connectivity index (χ1) is 10.1. The number of aliphatic hydroxyl groups excluding tert-OH is 1. The largest absolute Gasteiger partial charge is 0.393 e. The van der Waals surface area contributed by atoms with Gasteiger partial charge in [-0.2, -0.15) is 0 Å². The van der Waals surface area contributed by atoms with Gasteiger partial charge in [-0.3, -0.25) is 4.79 Å². The number of carbonyl (C=O) groups excluding carboxylic acids is 1. The average molecular weight is 291 g/mol. The van der Waals surface area contributed by atoms with Gasteiger partial charge >= 0.3 is 0 Å². The lowest BCUT2D eigenvalue weighted by atomic mass is 9.95. The van der Waals surface area contributed by atoms with Gasteiger partial charge in [0.05, 0.1) is 6.10 Å². The van der Waals surface area contributed by atoms with Crippen molar-refractivity contribution in [2.45, 2.75) is 50.9 Å². The van der Waals surface area contributed by atoms with Gasteiger partial charge in [0.1, 0.15) is 0 Å². The summed E-state index contributed by atoms with van der Waals surface area (Å²) in [4.78, 5) is 14.7. The number of piperidine rings is 1. The number of carbonyl (C=O) groups is 1. The Morgan fingerprint density at radius 1 is 1.38 bits per heavy atom. The molecule has 1 fully saturated rings. The molecule has 1 aromatic rings. The van der Waals surface area contributed by atoms with Gasteiger partial charge in [-0.05, 0) is 38.2 Å². The van der Waals surface area contributed by atoms with Crippen LogP contribution >= 0.6 is 0 Å². The molecule has 1 heterocycles. The number of amides is 1. The van der Waals surface area contributed by atoms with Gasteiger partial charge in [-0.15, -0.1) is 0 Å². The summed E-state index contributed by atoms with van der Waals surface area (Å²) in [5.74, 6) is 0.00838. The molecule has 1 N–H and O–H groups in total. The Morgan fingerprint density at radius 3 is 2.71 bits per heavy atom. The predicted molar refractivity (Wildman–Crippen MR) is 81.8 cm³/mol. The van der Waals surface area contributed by atoms with Gasteiger partial charge in [0, 0.05) is 19.7 Å². The van der Waals surface area contributed by atoms with Crippen LogP contribution in [0, 0.1) is 0 Å². The molecule has 1 amide bonds. The Morgan fingerprint density at radius 2 is 2.10 bits per heavy atom. The van der Waals surface area contributed by atoms with Crippen LogP contribution in [0.25, 0.3) is 0 Å². The van der Waals surface area contributed by atoms with E-state index >= 15 is 0 Å². The van der Waals surface area contributed by atoms with Gasteiger partial charge in [-0.25, -0.2) is 0 Å². The topological polar surface area (TPSA) is 49.8 Å². The Hall–Kier alpha value is -1.39. The van der Waals surface area contributed by atoms with Crippen LogP contribution < -0.4 is 0 Å². The van der Waals surface area contributed by atoms with Crippen molar-refractivity contribution >= 4 is 5.91 Å². The third kappa shape index (κ3) is 4.05. The Labute approximate surface area is 126 Å². The van der Waals surface area contributed by atoms with Gasteiger partial charge in [0.2, 0.25) is 0 Å². The summed E-state index contributed by atoms with van der Waals surface area (Å²) in [6.07, 6.45) is 2.79. The third-order valence-electron chi connectivity index (χ3n) is 4.09. The molecular formula is C17H25NO3. The van der Waals surface area contributed by atoms with Crippen molar-refractivity contribution in [1.29, 1.82) is 0 Å². The van der Waals surface area contributed by atoms with Crippen molar-refractivity contribution in [2.24, 2.45) is 0 Å². The van der Waals surface area contributed by atoms with Crippen molar-refractivity contribution in [3.8, 4) is 0 Å². The van der Waals surface area contributed by atoms with Crippen LogP contribution in [0.3, 0.4) is 0 Å². The van der Waals surface area contributed by atoms with Crippen molar-refractivity contribution in [3.05, 3.63) is 35.9 Å². The molecule has 0 bridgehead atoms. The lowest BCUT2D eigenvalue weighted by Crippen LogP contribution is -2.47. The van der Waals surface area contributed by atoms with E-state index in [-0.39, 0.29) is 18.1 Å². The maximum Gasteiger partial charge on any atom is 0.256 e. The minimum absolute atomic E-state index is 0.00838. The lowest BCUT2D eigenvalue weighted by Gasteiger charge is -2.38. The minimum Gasteiger partial charge on any atom is -0.393 e. The van der Waals surface area contributed by atoms with Crippen LogP contribution in [0.1, 0.15) is 44.3 Å². The number of aliphatic hydroxyl groups is 1. The summed E-state index contributed by atoms with van der Waals surface area (Å²) in [6.45, 7) is 2.53. The lowest BCUT2D eigenvalue weighted by molar-refractivity contribution is -0.146. The Kier molecular flexibility index (Phi) is 5.76. The van der Waals surface area contributed by atoms with Crippen LogP contribution in [0.2, 0.25) is 0 Å². The second-order valence-electron chi connectivity index (χ2n) is 5.79. The van der Waals surface area contributed by atoms with Crippen LogP contribution in [0.5, 0.6) is 0 Å². The molecule has 1 aromatic carbocycles. The first kappa shape index (κ1) is 16.0. The van der Waals surface area contributed by atoms with Gasteiger partial charge < -0.3 is 14.7 Å². The summed E-state index contributed by atoms with van der Waals surface area (Å²) in [7, 11) is 1.57. The van der Waals surface area contributed by atoms with Crippen molar-refractivity contribution in [2.75, 3.05) is 13.7 Å². The van der Waals surface area contributed by atoms with E-state index in [0.717, 1.165) is 31.4 Å². The molecule has 21 heavy (non-hydrogen) atoms. The van der Waals surface area contributed by atoms with Crippen molar-refractivity contribution < 1.29 is 14.6 Å². The fourth-order valence-electron chi connectivity index (χ4n) is 3.09. The maximum atomic E-state index is 12.8. The number of methoxy groups -OCH3 is 1. The zero-order valence-electron chi connectivity index (χ0n) is 12.9. The number of rotatable bonds is 5. The maximum absolute atomic E-state index is 12.8. The molecule has 4 heteroatoms. The Balaban J connectivity index is 2.15. The first-order valence-electron chi connectivity index (χ1n) is 7.69. The molecule has 1 aliphatic rings. The molecule has 1 aliphatic heterocycles. The van der Waals surface area contributed by atoms with E-state index in [9.17, 15) is 9.90 Å². The van der Waals surface area contributed by atoms with Crippen molar-refractivity contribution in [1.82, 2.24) is 4.90 Å². The molecule has 3 unspecified atom stereocenters. The van der Waals surface area contributed by atoms with Gasteiger partial charge in [0.25, 0.3) is 5.91 Å². The summed E-state index contributed by atoms with van der Waals surface area (Å²) >= 11 is 0. The molecule has 0 aliphatic carbocycles. The third-order valence-corrected chi connectivity index (χ3v) is 4.09. The number of benzene rings is 1. The van der Waals surface area contributed by atoms with Crippen LogP contribution in [-0.2, 0) is 9.53 Å². The normalized spacial score (nSPS) is 21.9. The zero-order chi connectivity index (χ0) is 15.2. The standard InChI is InChI=1S/C17H25NO3/c1-13(19)12-15-10-6-7-11-18(15)17(20)16(21-2)14-8-4-3-5-9-14/h3-5,8-9,13,15-16,19H,6-7,10-12H2,1-2H3. The van der Waals surface area contributed by atoms with E-state index in [0.29, 0.717) is 6.42 Å². The van der Waals surface area contributed by atoms with Crippen LogP contribution in [0.15, 0.2) is 30.3 Å². The molecular weight excluding hydrogens is 266 g/mol. The molecule has 116 valence electrons. The summed E-state index contributed by atoms with van der Waals surface area (Å²) in [6, 6.07) is 9.71. The van der Waals surface area contributed by atoms with E-state index in [1.54, 1.807) is 14.0 Å². The van der Waals surface area contributed by atoms with Crippen LogP contribution in [-0.4, -0.2) is 41.7 Å². The summed E-state index contributed by atoms with van der Waals surface area (Å²) < 4.78 is 5.45. The number of nitrogens with zero attached hydrogens (tertiary/aromatic N) is 1. The molecule has 0 spiro atoms. The highest BCUT2D eigenvalue weighted by Gasteiger charge is 2.32. The second-order valence-corrected chi connectivity index (χ2v) is 5.79. The summed E-state index contributed by atoms with van der Waals surface area (Å²) in [5.41, 5.74) is 0.881. The number of likely N-dealkylation sites (tertiary alicyclic amines) is 1. The highest BCUT2D eigenvalue weighted by molar-refractivity contribution is 5.82. The van der Waals surface area contributed by atoms with Gasteiger partial charge in [0.15, 0.2) is 6.10 Å². The fourth-order valence-corrected chi connectivity index (χ4v) is 3.09. The minimum atomic E-state index is -0.555. The SMILES string of the molecule is COC(C(=O)N1CCCCC1CC(C)O)c1ccccc1.